The van der Waals surface area contributed by atoms with Gasteiger partial charge in [-0.1, -0.05) is 32.4 Å². The maximum absolute atomic E-state index is 14.1. The van der Waals surface area contributed by atoms with Gasteiger partial charge in [0.1, 0.15) is 17.7 Å². The van der Waals surface area contributed by atoms with Crippen molar-refractivity contribution in [2.24, 2.45) is 11.3 Å². The van der Waals surface area contributed by atoms with E-state index in [1.807, 2.05) is 20.8 Å². The lowest BCUT2D eigenvalue weighted by atomic mass is 9.84. The van der Waals surface area contributed by atoms with Crippen LogP contribution in [0.15, 0.2) is 18.2 Å². The second kappa shape index (κ2) is 11.4. The zero-order valence-electron chi connectivity index (χ0n) is 23.5. The van der Waals surface area contributed by atoms with Crippen LogP contribution in [0.4, 0.5) is 5.69 Å². The van der Waals surface area contributed by atoms with Crippen molar-refractivity contribution in [2.75, 3.05) is 18.5 Å². The van der Waals surface area contributed by atoms with Gasteiger partial charge in [-0.3, -0.25) is 24.0 Å². The second-order valence-electron chi connectivity index (χ2n) is 11.8. The number of piperidine rings is 1. The summed E-state index contributed by atoms with van der Waals surface area (Å²) < 4.78 is 10.9. The molecule has 0 radical (unpaired) electrons. The summed E-state index contributed by atoms with van der Waals surface area (Å²) in [5.74, 6) is -1.88. The molecule has 3 aliphatic rings. The Kier molecular flexibility index (Phi) is 8.46. The summed E-state index contributed by atoms with van der Waals surface area (Å²) in [5.41, 5.74) is -1.22. The van der Waals surface area contributed by atoms with Gasteiger partial charge in [-0.2, -0.15) is 0 Å². The Hall–Kier alpha value is -3.18. The third-order valence-electron chi connectivity index (χ3n) is 7.78. The fraction of sp³-hybridized carbons (Fsp3) is 0.607. The minimum atomic E-state index is -1.11. The van der Waals surface area contributed by atoms with E-state index in [1.54, 1.807) is 17.9 Å². The number of fused-ring (bicyclic) bond motifs is 2. The maximum atomic E-state index is 14.1. The first-order valence-electron chi connectivity index (χ1n) is 13.6. The van der Waals surface area contributed by atoms with Crippen LogP contribution in [-0.2, 0) is 28.7 Å². The largest absolute Gasteiger partial charge is 0.439 e. The Balaban J connectivity index is 1.54. The number of anilines is 1. The van der Waals surface area contributed by atoms with Gasteiger partial charge in [0.15, 0.2) is 0 Å². The summed E-state index contributed by atoms with van der Waals surface area (Å²) in [4.78, 5) is 66.0. The molecule has 1 saturated carbocycles. The Morgan fingerprint density at radius 2 is 1.98 bits per heavy atom. The molecule has 0 spiro atoms. The van der Waals surface area contributed by atoms with Gasteiger partial charge in [-0.05, 0) is 55.7 Å². The summed E-state index contributed by atoms with van der Waals surface area (Å²) in [6, 6.07) is 3.55. The van der Waals surface area contributed by atoms with Crippen LogP contribution in [0.5, 0.6) is 0 Å². The van der Waals surface area contributed by atoms with E-state index in [1.165, 1.54) is 19.1 Å². The van der Waals surface area contributed by atoms with Crippen molar-refractivity contribution in [1.82, 2.24) is 15.5 Å². The monoisotopic (exact) mass is 576 g/mol. The summed E-state index contributed by atoms with van der Waals surface area (Å²) in [6.45, 7) is 9.42. The third kappa shape index (κ3) is 5.95. The van der Waals surface area contributed by atoms with E-state index in [0.29, 0.717) is 31.7 Å². The van der Waals surface area contributed by atoms with Crippen LogP contribution in [-0.4, -0.2) is 71.6 Å². The van der Waals surface area contributed by atoms with Gasteiger partial charge >= 0.3 is 5.97 Å². The number of halogens is 1. The van der Waals surface area contributed by atoms with Crippen molar-refractivity contribution in [3.05, 3.63) is 28.8 Å². The Labute approximate surface area is 238 Å². The highest BCUT2D eigenvalue weighted by Crippen LogP contribution is 2.47. The van der Waals surface area contributed by atoms with Gasteiger partial charge in [-0.15, -0.1) is 0 Å². The lowest BCUT2D eigenvalue weighted by molar-refractivity contribution is -0.154. The van der Waals surface area contributed by atoms with Crippen LogP contribution in [0.3, 0.4) is 0 Å². The summed E-state index contributed by atoms with van der Waals surface area (Å²) in [6.07, 6.45) is 0.279. The lowest BCUT2D eigenvalue weighted by Crippen LogP contribution is -2.64. The first-order chi connectivity index (χ1) is 18.7. The SMILES string of the molecule is CCO[C@H]1CC(=O)O[C@H]1NC(=O)[C@@]12CC[C@@H](CN1C(=O)[C@@H](NC(=O)c1ccc(NC(C)=O)cc1Cl)C(C)(C)C)C2. The molecule has 1 aromatic rings. The van der Waals surface area contributed by atoms with Crippen molar-refractivity contribution in [1.29, 1.82) is 0 Å². The van der Waals surface area contributed by atoms with Crippen molar-refractivity contribution in [3.63, 3.8) is 0 Å². The molecular weight excluding hydrogens is 540 g/mol. The number of carbonyl (C=O) groups excluding carboxylic acids is 5. The van der Waals surface area contributed by atoms with Crippen LogP contribution in [0, 0.1) is 11.3 Å². The number of amides is 4. The fourth-order valence-electron chi connectivity index (χ4n) is 5.87. The van der Waals surface area contributed by atoms with E-state index >= 15 is 0 Å². The van der Waals surface area contributed by atoms with Gasteiger partial charge < -0.3 is 30.3 Å². The lowest BCUT2D eigenvalue weighted by Gasteiger charge is -2.42. The van der Waals surface area contributed by atoms with Gasteiger partial charge in [0, 0.05) is 25.8 Å². The van der Waals surface area contributed by atoms with Crippen molar-refractivity contribution in [2.45, 2.75) is 84.2 Å². The number of carbonyl (C=O) groups is 5. The molecule has 2 saturated heterocycles. The molecule has 1 aromatic carbocycles. The molecule has 2 aliphatic heterocycles. The van der Waals surface area contributed by atoms with Crippen LogP contribution in [0.1, 0.15) is 70.7 Å². The molecule has 40 heavy (non-hydrogen) atoms. The van der Waals surface area contributed by atoms with E-state index < -0.39 is 41.2 Å². The van der Waals surface area contributed by atoms with E-state index in [4.69, 9.17) is 21.1 Å². The molecule has 2 bridgehead atoms. The topological polar surface area (TPSA) is 143 Å². The molecule has 3 N–H and O–H groups in total. The van der Waals surface area contributed by atoms with Crippen LogP contribution in [0.2, 0.25) is 5.02 Å². The van der Waals surface area contributed by atoms with Gasteiger partial charge in [-0.25, -0.2) is 0 Å². The van der Waals surface area contributed by atoms with Crippen molar-refractivity contribution >= 4 is 46.9 Å². The number of hydrogen-bond acceptors (Lipinski definition) is 7. The molecule has 2 heterocycles. The standard InChI is InChI=1S/C28H37ClN4O7/c1-6-39-20-12-21(35)40-24(20)32-26(38)28-10-9-16(13-28)14-33(28)25(37)22(27(3,4)5)31-23(36)18-8-7-17(11-19(18)29)30-15(2)34/h7-8,11,16,20,22,24H,6,9-10,12-14H2,1-5H3,(H,30,34)(H,31,36)(H,32,38)/t16-,20+,22-,24-,28+/m1/s1. The number of hydrogen-bond donors (Lipinski definition) is 3. The van der Waals surface area contributed by atoms with Crippen LogP contribution >= 0.6 is 11.6 Å². The average molecular weight is 577 g/mol. The normalized spacial score (nSPS) is 26.3. The summed E-state index contributed by atoms with van der Waals surface area (Å²) >= 11 is 6.35. The quantitative estimate of drug-likeness (QED) is 0.404. The van der Waals surface area contributed by atoms with Gasteiger partial charge in [0.2, 0.25) is 23.9 Å². The van der Waals surface area contributed by atoms with Crippen molar-refractivity contribution in [3.8, 4) is 0 Å². The summed E-state index contributed by atoms with van der Waals surface area (Å²) in [7, 11) is 0. The summed E-state index contributed by atoms with van der Waals surface area (Å²) in [5, 5.41) is 8.40. The van der Waals surface area contributed by atoms with Crippen LogP contribution < -0.4 is 16.0 Å². The second-order valence-corrected chi connectivity index (χ2v) is 12.2. The molecule has 1 aliphatic carbocycles. The molecule has 218 valence electrons. The highest BCUT2D eigenvalue weighted by Gasteiger charge is 2.59. The van der Waals surface area contributed by atoms with E-state index in [2.05, 4.69) is 16.0 Å². The number of likely N-dealkylation sites (tertiary alicyclic amines) is 1. The maximum Gasteiger partial charge on any atom is 0.310 e. The highest BCUT2D eigenvalue weighted by atomic mass is 35.5. The molecule has 4 amide bonds. The third-order valence-corrected chi connectivity index (χ3v) is 8.09. The first kappa shape index (κ1) is 29.8. The molecule has 4 rings (SSSR count). The zero-order valence-corrected chi connectivity index (χ0v) is 24.2. The molecule has 3 fully saturated rings. The number of cyclic esters (lactones) is 1. The number of esters is 1. The number of nitrogens with zero attached hydrogens (tertiary/aromatic N) is 1. The zero-order chi connectivity index (χ0) is 29.4. The number of rotatable bonds is 8. The minimum absolute atomic E-state index is 0.0452. The first-order valence-corrected chi connectivity index (χ1v) is 13.9. The molecule has 12 heteroatoms. The smallest absolute Gasteiger partial charge is 0.310 e. The fourth-order valence-corrected chi connectivity index (χ4v) is 6.13. The van der Waals surface area contributed by atoms with Gasteiger partial charge in [0.25, 0.3) is 5.91 Å². The number of benzene rings is 1. The molecule has 0 aromatic heterocycles. The number of ether oxygens (including phenoxy) is 2. The Bertz CT molecular complexity index is 1220. The van der Waals surface area contributed by atoms with Gasteiger partial charge in [0.05, 0.1) is 17.0 Å². The van der Waals surface area contributed by atoms with E-state index in [9.17, 15) is 24.0 Å². The minimum Gasteiger partial charge on any atom is -0.439 e. The predicted octanol–water partition coefficient (Wildman–Crippen LogP) is 2.62. The molecular formula is C28H37ClN4O7. The highest BCUT2D eigenvalue weighted by molar-refractivity contribution is 6.34. The molecule has 5 atom stereocenters. The Morgan fingerprint density at radius 3 is 2.58 bits per heavy atom. The predicted molar refractivity (Wildman–Crippen MR) is 146 cm³/mol. The molecule has 11 nitrogen and oxygen atoms in total. The average Bonchev–Trinajstić information content (AvgIpc) is 3.55. The molecule has 0 unspecified atom stereocenters. The van der Waals surface area contributed by atoms with E-state index in [-0.39, 0.29) is 40.6 Å². The Morgan fingerprint density at radius 1 is 1.25 bits per heavy atom. The van der Waals surface area contributed by atoms with Crippen LogP contribution in [0.25, 0.3) is 0 Å². The van der Waals surface area contributed by atoms with Crippen molar-refractivity contribution < 1.29 is 33.4 Å². The number of nitrogens with one attached hydrogen (secondary N) is 3. The van der Waals surface area contributed by atoms with E-state index in [0.717, 1.165) is 6.42 Å².